The van der Waals surface area contributed by atoms with Crippen LogP contribution in [0.1, 0.15) is 12.8 Å². The van der Waals surface area contributed by atoms with Gasteiger partial charge in [0, 0.05) is 17.4 Å². The standard InChI is InChI=1S/C11H13BrN2O/c1-15-11-5-4-9(12)8-10(11)14-7-3-2-6-13/h4-5,8,14H,2-3,7H2,1H3. The van der Waals surface area contributed by atoms with E-state index in [0.717, 1.165) is 28.9 Å². The fourth-order valence-electron chi connectivity index (χ4n) is 1.21. The minimum absolute atomic E-state index is 0.573. The van der Waals surface area contributed by atoms with Gasteiger partial charge in [-0.3, -0.25) is 0 Å². The van der Waals surface area contributed by atoms with Crippen LogP contribution in [0, 0.1) is 11.3 Å². The molecule has 0 radical (unpaired) electrons. The van der Waals surface area contributed by atoms with E-state index < -0.39 is 0 Å². The zero-order chi connectivity index (χ0) is 11.1. The topological polar surface area (TPSA) is 45.0 Å². The zero-order valence-electron chi connectivity index (χ0n) is 8.59. The molecule has 1 aromatic rings. The molecule has 15 heavy (non-hydrogen) atoms. The predicted molar refractivity (Wildman–Crippen MR) is 64.0 cm³/mol. The van der Waals surface area contributed by atoms with Crippen LogP contribution < -0.4 is 10.1 Å². The van der Waals surface area contributed by atoms with E-state index in [1.54, 1.807) is 7.11 Å². The van der Waals surface area contributed by atoms with E-state index in [1.807, 2.05) is 18.2 Å². The van der Waals surface area contributed by atoms with Gasteiger partial charge >= 0.3 is 0 Å². The number of halogens is 1. The van der Waals surface area contributed by atoms with Crippen LogP contribution in [-0.2, 0) is 0 Å². The second-order valence-electron chi connectivity index (χ2n) is 3.03. The highest BCUT2D eigenvalue weighted by Crippen LogP contribution is 2.27. The second kappa shape index (κ2) is 6.31. The highest BCUT2D eigenvalue weighted by atomic mass is 79.9. The summed E-state index contributed by atoms with van der Waals surface area (Å²) in [6.07, 6.45) is 1.41. The number of ether oxygens (including phenoxy) is 1. The first-order chi connectivity index (χ1) is 7.27. The van der Waals surface area contributed by atoms with Gasteiger partial charge in [-0.25, -0.2) is 0 Å². The lowest BCUT2D eigenvalue weighted by atomic mass is 10.2. The number of unbranched alkanes of at least 4 members (excludes halogenated alkanes) is 1. The molecule has 0 spiro atoms. The van der Waals surface area contributed by atoms with Crippen LogP contribution in [0.4, 0.5) is 5.69 Å². The number of nitriles is 1. The van der Waals surface area contributed by atoms with Crippen molar-refractivity contribution < 1.29 is 4.74 Å². The van der Waals surface area contributed by atoms with Crippen LogP contribution in [0.5, 0.6) is 5.75 Å². The molecular weight excluding hydrogens is 256 g/mol. The van der Waals surface area contributed by atoms with Gasteiger partial charge in [-0.05, 0) is 24.6 Å². The van der Waals surface area contributed by atoms with Crippen LogP contribution >= 0.6 is 15.9 Å². The SMILES string of the molecule is COc1ccc(Br)cc1NCCCC#N. The Morgan fingerprint density at radius 3 is 3.00 bits per heavy atom. The summed E-state index contributed by atoms with van der Waals surface area (Å²) in [6, 6.07) is 7.91. The number of rotatable bonds is 5. The Bertz CT molecular complexity index is 360. The van der Waals surface area contributed by atoms with Gasteiger partial charge in [-0.15, -0.1) is 0 Å². The van der Waals surface area contributed by atoms with Crippen molar-refractivity contribution in [2.45, 2.75) is 12.8 Å². The van der Waals surface area contributed by atoms with Crippen molar-refractivity contribution in [2.75, 3.05) is 19.0 Å². The predicted octanol–water partition coefficient (Wildman–Crippen LogP) is 3.17. The van der Waals surface area contributed by atoms with Crippen molar-refractivity contribution in [3.05, 3.63) is 22.7 Å². The van der Waals surface area contributed by atoms with E-state index in [9.17, 15) is 0 Å². The molecule has 0 atom stereocenters. The molecule has 0 saturated carbocycles. The molecule has 0 fully saturated rings. The molecule has 0 bridgehead atoms. The summed E-state index contributed by atoms with van der Waals surface area (Å²) < 4.78 is 6.21. The van der Waals surface area contributed by atoms with Gasteiger partial charge in [-0.1, -0.05) is 15.9 Å². The Hall–Kier alpha value is -1.21. The highest BCUT2D eigenvalue weighted by molar-refractivity contribution is 9.10. The summed E-state index contributed by atoms with van der Waals surface area (Å²) in [5.41, 5.74) is 0.949. The Morgan fingerprint density at radius 2 is 2.33 bits per heavy atom. The monoisotopic (exact) mass is 268 g/mol. The average molecular weight is 269 g/mol. The molecule has 0 aliphatic rings. The third-order valence-corrected chi connectivity index (χ3v) is 2.44. The van der Waals surface area contributed by atoms with Crippen molar-refractivity contribution in [3.63, 3.8) is 0 Å². The molecule has 1 N–H and O–H groups in total. The van der Waals surface area contributed by atoms with Crippen molar-refractivity contribution >= 4 is 21.6 Å². The average Bonchev–Trinajstić information content (AvgIpc) is 2.25. The van der Waals surface area contributed by atoms with Crippen molar-refractivity contribution in [3.8, 4) is 11.8 Å². The summed E-state index contributed by atoms with van der Waals surface area (Å²) in [4.78, 5) is 0. The van der Waals surface area contributed by atoms with Crippen molar-refractivity contribution in [1.82, 2.24) is 0 Å². The molecule has 0 heterocycles. The Kier molecular flexibility index (Phi) is 4.99. The lowest BCUT2D eigenvalue weighted by Gasteiger charge is -2.10. The Morgan fingerprint density at radius 1 is 1.53 bits per heavy atom. The molecular formula is C11H13BrN2O. The first-order valence-corrected chi connectivity index (χ1v) is 5.51. The quantitative estimate of drug-likeness (QED) is 0.835. The molecule has 0 unspecified atom stereocenters. The number of hydrogen-bond acceptors (Lipinski definition) is 3. The third kappa shape index (κ3) is 3.80. The number of benzene rings is 1. The molecule has 80 valence electrons. The van der Waals surface area contributed by atoms with E-state index in [1.165, 1.54) is 0 Å². The fraction of sp³-hybridized carbons (Fsp3) is 0.364. The van der Waals surface area contributed by atoms with Gasteiger partial charge < -0.3 is 10.1 Å². The third-order valence-electron chi connectivity index (χ3n) is 1.94. The number of anilines is 1. The van der Waals surface area contributed by atoms with Crippen molar-refractivity contribution in [2.24, 2.45) is 0 Å². The molecule has 0 amide bonds. The maximum Gasteiger partial charge on any atom is 0.142 e. The lowest BCUT2D eigenvalue weighted by molar-refractivity contribution is 0.416. The van der Waals surface area contributed by atoms with Gasteiger partial charge in [0.2, 0.25) is 0 Å². The van der Waals surface area contributed by atoms with E-state index in [4.69, 9.17) is 10.00 Å². The van der Waals surface area contributed by atoms with Gasteiger partial charge in [-0.2, -0.15) is 5.26 Å². The normalized spacial score (nSPS) is 9.40. The van der Waals surface area contributed by atoms with Gasteiger partial charge in [0.05, 0.1) is 18.9 Å². The number of methoxy groups -OCH3 is 1. The van der Waals surface area contributed by atoms with Gasteiger partial charge in [0.25, 0.3) is 0 Å². The lowest BCUT2D eigenvalue weighted by Crippen LogP contribution is -2.02. The molecule has 0 aliphatic heterocycles. The van der Waals surface area contributed by atoms with E-state index in [2.05, 4.69) is 27.3 Å². The van der Waals surface area contributed by atoms with Crippen LogP contribution in [-0.4, -0.2) is 13.7 Å². The van der Waals surface area contributed by atoms with Crippen LogP contribution in [0.15, 0.2) is 22.7 Å². The summed E-state index contributed by atoms with van der Waals surface area (Å²) in [5.74, 6) is 0.815. The first kappa shape index (κ1) is 11.9. The Balaban J connectivity index is 2.58. The maximum atomic E-state index is 8.40. The van der Waals surface area contributed by atoms with E-state index in [-0.39, 0.29) is 0 Å². The van der Waals surface area contributed by atoms with Gasteiger partial charge in [0.1, 0.15) is 5.75 Å². The van der Waals surface area contributed by atoms with Crippen LogP contribution in [0.2, 0.25) is 0 Å². The summed E-state index contributed by atoms with van der Waals surface area (Å²) in [5, 5.41) is 11.6. The highest BCUT2D eigenvalue weighted by Gasteiger charge is 2.02. The molecule has 3 nitrogen and oxygen atoms in total. The van der Waals surface area contributed by atoms with E-state index >= 15 is 0 Å². The minimum Gasteiger partial charge on any atom is -0.495 e. The molecule has 0 aromatic heterocycles. The Labute approximate surface area is 98.2 Å². The first-order valence-electron chi connectivity index (χ1n) is 4.72. The second-order valence-corrected chi connectivity index (χ2v) is 3.95. The fourth-order valence-corrected chi connectivity index (χ4v) is 1.57. The van der Waals surface area contributed by atoms with Crippen molar-refractivity contribution in [1.29, 1.82) is 5.26 Å². The van der Waals surface area contributed by atoms with E-state index in [0.29, 0.717) is 6.42 Å². The summed E-state index contributed by atoms with van der Waals surface area (Å²) >= 11 is 3.40. The van der Waals surface area contributed by atoms with Gasteiger partial charge in [0.15, 0.2) is 0 Å². The summed E-state index contributed by atoms with van der Waals surface area (Å²) in [6.45, 7) is 0.778. The molecule has 0 saturated heterocycles. The summed E-state index contributed by atoms with van der Waals surface area (Å²) in [7, 11) is 1.64. The maximum absolute atomic E-state index is 8.40. The number of hydrogen-bond donors (Lipinski definition) is 1. The minimum atomic E-state index is 0.573. The number of nitrogens with zero attached hydrogens (tertiary/aromatic N) is 1. The largest absolute Gasteiger partial charge is 0.495 e. The van der Waals surface area contributed by atoms with Crippen LogP contribution in [0.3, 0.4) is 0 Å². The molecule has 4 heteroatoms. The molecule has 1 aromatic carbocycles. The molecule has 1 rings (SSSR count). The molecule has 0 aliphatic carbocycles. The number of nitrogens with one attached hydrogen (secondary N) is 1. The smallest absolute Gasteiger partial charge is 0.142 e. The zero-order valence-corrected chi connectivity index (χ0v) is 10.2. The van der Waals surface area contributed by atoms with Crippen LogP contribution in [0.25, 0.3) is 0 Å².